The van der Waals surface area contributed by atoms with Gasteiger partial charge in [-0.2, -0.15) is 0 Å². The number of hydrogen-bond donors (Lipinski definition) is 0. The van der Waals surface area contributed by atoms with Crippen molar-refractivity contribution in [3.05, 3.63) is 24.3 Å². The molecule has 4 nitrogen and oxygen atoms in total. The van der Waals surface area contributed by atoms with Crippen LogP contribution < -0.4 is 9.64 Å². The Hall–Kier alpha value is -1.55. The molecule has 0 saturated carbocycles. The maximum atomic E-state index is 12.0. The standard InChI is InChI=1S/C17H26N2O2/c1-4-14(2)17(20)13-18-8-10-19(11-9-18)15-6-5-7-16(12-15)21-3/h5-7,12,14H,4,8-11,13H2,1-3H3. The molecule has 21 heavy (non-hydrogen) atoms. The van der Waals surface area contributed by atoms with Gasteiger partial charge in [-0.25, -0.2) is 0 Å². The maximum absolute atomic E-state index is 12.0. The van der Waals surface area contributed by atoms with Crippen LogP contribution in [0.4, 0.5) is 5.69 Å². The fraction of sp³-hybridized carbons (Fsp3) is 0.588. The molecule has 1 heterocycles. The second kappa shape index (κ2) is 7.46. The number of piperazine rings is 1. The van der Waals surface area contributed by atoms with E-state index in [1.807, 2.05) is 19.1 Å². The summed E-state index contributed by atoms with van der Waals surface area (Å²) in [7, 11) is 1.69. The van der Waals surface area contributed by atoms with E-state index < -0.39 is 0 Å². The molecule has 1 saturated heterocycles. The molecule has 1 aliphatic heterocycles. The molecule has 0 aliphatic carbocycles. The highest BCUT2D eigenvalue weighted by atomic mass is 16.5. The van der Waals surface area contributed by atoms with Gasteiger partial charge < -0.3 is 9.64 Å². The van der Waals surface area contributed by atoms with Crippen LogP contribution in [0.3, 0.4) is 0 Å². The van der Waals surface area contributed by atoms with Crippen molar-refractivity contribution in [2.45, 2.75) is 20.3 Å². The molecule has 0 bridgehead atoms. The Balaban J connectivity index is 1.86. The number of methoxy groups -OCH3 is 1. The van der Waals surface area contributed by atoms with Crippen molar-refractivity contribution in [2.24, 2.45) is 5.92 Å². The number of hydrogen-bond acceptors (Lipinski definition) is 4. The minimum Gasteiger partial charge on any atom is -0.497 e. The molecule has 0 aromatic heterocycles. The lowest BCUT2D eigenvalue weighted by atomic mass is 10.0. The first-order valence-electron chi connectivity index (χ1n) is 7.78. The second-order valence-corrected chi connectivity index (χ2v) is 5.74. The van der Waals surface area contributed by atoms with E-state index in [2.05, 4.69) is 28.9 Å². The van der Waals surface area contributed by atoms with Gasteiger partial charge in [0, 0.05) is 43.9 Å². The van der Waals surface area contributed by atoms with Gasteiger partial charge in [0.1, 0.15) is 11.5 Å². The minimum atomic E-state index is 0.182. The monoisotopic (exact) mass is 290 g/mol. The van der Waals surface area contributed by atoms with Crippen molar-refractivity contribution in [1.29, 1.82) is 0 Å². The molecule has 1 unspecified atom stereocenters. The molecular formula is C17H26N2O2. The number of anilines is 1. The normalized spacial score (nSPS) is 17.6. The SMILES string of the molecule is CCC(C)C(=O)CN1CCN(c2cccc(OC)c2)CC1. The third-order valence-corrected chi connectivity index (χ3v) is 4.33. The van der Waals surface area contributed by atoms with Gasteiger partial charge in [-0.3, -0.25) is 9.69 Å². The summed E-state index contributed by atoms with van der Waals surface area (Å²) in [6.45, 7) is 8.50. The Morgan fingerprint density at radius 1 is 1.29 bits per heavy atom. The summed E-state index contributed by atoms with van der Waals surface area (Å²) in [4.78, 5) is 16.6. The molecule has 0 spiro atoms. The van der Waals surface area contributed by atoms with Gasteiger partial charge in [0.2, 0.25) is 0 Å². The first kappa shape index (κ1) is 15.8. The fourth-order valence-electron chi connectivity index (χ4n) is 2.58. The van der Waals surface area contributed by atoms with Crippen molar-refractivity contribution in [3.8, 4) is 5.75 Å². The molecule has 1 aromatic rings. The Bertz CT molecular complexity index is 468. The summed E-state index contributed by atoms with van der Waals surface area (Å²) in [5.74, 6) is 1.44. The van der Waals surface area contributed by atoms with E-state index in [0.717, 1.165) is 38.3 Å². The summed E-state index contributed by atoms with van der Waals surface area (Å²) in [6, 6.07) is 8.17. The van der Waals surface area contributed by atoms with Crippen LogP contribution in [-0.4, -0.2) is 50.5 Å². The minimum absolute atomic E-state index is 0.182. The fourth-order valence-corrected chi connectivity index (χ4v) is 2.58. The number of benzene rings is 1. The second-order valence-electron chi connectivity index (χ2n) is 5.74. The highest BCUT2D eigenvalue weighted by Gasteiger charge is 2.21. The topological polar surface area (TPSA) is 32.8 Å². The zero-order chi connectivity index (χ0) is 15.2. The number of carbonyl (C=O) groups is 1. The number of Topliss-reactive ketones (excluding diaryl/α,β-unsaturated/α-hetero) is 1. The zero-order valence-corrected chi connectivity index (χ0v) is 13.3. The maximum Gasteiger partial charge on any atom is 0.149 e. The van der Waals surface area contributed by atoms with E-state index >= 15 is 0 Å². The number of ketones is 1. The van der Waals surface area contributed by atoms with E-state index in [4.69, 9.17) is 4.74 Å². The predicted octanol–water partition coefficient (Wildman–Crippen LogP) is 2.43. The lowest BCUT2D eigenvalue weighted by molar-refractivity contribution is -0.123. The van der Waals surface area contributed by atoms with Crippen molar-refractivity contribution in [3.63, 3.8) is 0 Å². The quantitative estimate of drug-likeness (QED) is 0.805. The first-order valence-corrected chi connectivity index (χ1v) is 7.78. The average molecular weight is 290 g/mol. The van der Waals surface area contributed by atoms with Crippen LogP contribution in [0.25, 0.3) is 0 Å². The van der Waals surface area contributed by atoms with Crippen molar-refractivity contribution in [2.75, 3.05) is 44.7 Å². The molecule has 1 aliphatic rings. The van der Waals surface area contributed by atoms with Gasteiger partial charge in [0.05, 0.1) is 13.7 Å². The third kappa shape index (κ3) is 4.21. The van der Waals surface area contributed by atoms with Gasteiger partial charge >= 0.3 is 0 Å². The van der Waals surface area contributed by atoms with Crippen LogP contribution in [-0.2, 0) is 4.79 Å². The Morgan fingerprint density at radius 3 is 2.62 bits per heavy atom. The molecule has 1 atom stereocenters. The van der Waals surface area contributed by atoms with Crippen LogP contribution in [0, 0.1) is 5.92 Å². The largest absolute Gasteiger partial charge is 0.497 e. The summed E-state index contributed by atoms with van der Waals surface area (Å²) in [5, 5.41) is 0. The van der Waals surface area contributed by atoms with Gasteiger partial charge in [-0.1, -0.05) is 19.9 Å². The van der Waals surface area contributed by atoms with Crippen LogP contribution in [0.15, 0.2) is 24.3 Å². The Morgan fingerprint density at radius 2 is 2.00 bits per heavy atom. The summed E-state index contributed by atoms with van der Waals surface area (Å²) in [5.41, 5.74) is 1.20. The summed E-state index contributed by atoms with van der Waals surface area (Å²) < 4.78 is 5.28. The summed E-state index contributed by atoms with van der Waals surface area (Å²) in [6.07, 6.45) is 0.933. The molecule has 116 valence electrons. The van der Waals surface area contributed by atoms with E-state index in [0.29, 0.717) is 12.3 Å². The number of carbonyl (C=O) groups excluding carboxylic acids is 1. The van der Waals surface area contributed by atoms with Crippen LogP contribution in [0.5, 0.6) is 5.75 Å². The van der Waals surface area contributed by atoms with E-state index in [9.17, 15) is 4.79 Å². The number of nitrogens with zero attached hydrogens (tertiary/aromatic N) is 2. The van der Waals surface area contributed by atoms with Crippen LogP contribution in [0.2, 0.25) is 0 Å². The van der Waals surface area contributed by atoms with E-state index in [1.165, 1.54) is 5.69 Å². The summed E-state index contributed by atoms with van der Waals surface area (Å²) >= 11 is 0. The lowest BCUT2D eigenvalue weighted by Crippen LogP contribution is -2.48. The van der Waals surface area contributed by atoms with Gasteiger partial charge in [0.15, 0.2) is 0 Å². The number of ether oxygens (including phenoxy) is 1. The van der Waals surface area contributed by atoms with Gasteiger partial charge in [-0.05, 0) is 18.6 Å². The van der Waals surface area contributed by atoms with Gasteiger partial charge in [0.25, 0.3) is 0 Å². The molecular weight excluding hydrogens is 264 g/mol. The molecule has 0 N–H and O–H groups in total. The number of rotatable bonds is 6. The Labute approximate surface area is 127 Å². The van der Waals surface area contributed by atoms with E-state index in [1.54, 1.807) is 7.11 Å². The average Bonchev–Trinajstić information content (AvgIpc) is 2.54. The molecule has 2 rings (SSSR count). The van der Waals surface area contributed by atoms with Gasteiger partial charge in [-0.15, -0.1) is 0 Å². The van der Waals surface area contributed by atoms with Crippen LogP contribution in [0.1, 0.15) is 20.3 Å². The molecule has 0 amide bonds. The van der Waals surface area contributed by atoms with E-state index in [-0.39, 0.29) is 5.92 Å². The zero-order valence-electron chi connectivity index (χ0n) is 13.3. The third-order valence-electron chi connectivity index (χ3n) is 4.33. The highest BCUT2D eigenvalue weighted by molar-refractivity contribution is 5.82. The van der Waals surface area contributed by atoms with Crippen molar-refractivity contribution in [1.82, 2.24) is 4.90 Å². The molecule has 0 radical (unpaired) electrons. The van der Waals surface area contributed by atoms with Crippen molar-refractivity contribution >= 4 is 11.5 Å². The molecule has 4 heteroatoms. The molecule has 1 aromatic carbocycles. The lowest BCUT2D eigenvalue weighted by Gasteiger charge is -2.36. The van der Waals surface area contributed by atoms with Crippen LogP contribution >= 0.6 is 0 Å². The predicted molar refractivity (Wildman–Crippen MR) is 86.1 cm³/mol. The first-order chi connectivity index (χ1) is 10.1. The highest BCUT2D eigenvalue weighted by Crippen LogP contribution is 2.22. The molecule has 1 fully saturated rings. The Kier molecular flexibility index (Phi) is 5.62. The van der Waals surface area contributed by atoms with Crippen molar-refractivity contribution < 1.29 is 9.53 Å². The smallest absolute Gasteiger partial charge is 0.149 e.